The van der Waals surface area contributed by atoms with Crippen LogP contribution in [-0.4, -0.2) is 31.7 Å². The number of rotatable bonds is 3. The monoisotopic (exact) mass is 246 g/mol. The summed E-state index contributed by atoms with van der Waals surface area (Å²) in [6, 6.07) is 0.422. The highest BCUT2D eigenvalue weighted by Crippen LogP contribution is 2.38. The molecule has 15 heavy (non-hydrogen) atoms. The van der Waals surface area contributed by atoms with Gasteiger partial charge in [0, 0.05) is 5.25 Å². The van der Waals surface area contributed by atoms with Crippen LogP contribution >= 0.6 is 23.4 Å². The second-order valence-electron chi connectivity index (χ2n) is 3.87. The summed E-state index contributed by atoms with van der Waals surface area (Å²) in [7, 11) is 0. The van der Waals surface area contributed by atoms with E-state index in [1.54, 1.807) is 0 Å². The molecule has 0 saturated heterocycles. The van der Waals surface area contributed by atoms with Gasteiger partial charge in [0.15, 0.2) is 5.82 Å². The first-order chi connectivity index (χ1) is 7.24. The number of nitrogens with zero attached hydrogens (tertiary/aromatic N) is 4. The van der Waals surface area contributed by atoms with Crippen molar-refractivity contribution < 1.29 is 0 Å². The van der Waals surface area contributed by atoms with Crippen molar-refractivity contribution in [2.45, 2.75) is 42.9 Å². The third kappa shape index (κ3) is 2.13. The lowest BCUT2D eigenvalue weighted by atomic mass is 10.2. The summed E-state index contributed by atoms with van der Waals surface area (Å²) >= 11 is 7.95. The minimum absolute atomic E-state index is 0.122. The smallest absolute Gasteiger partial charge is 0.169 e. The molecule has 3 unspecified atom stereocenters. The van der Waals surface area contributed by atoms with Crippen molar-refractivity contribution in [1.29, 1.82) is 0 Å². The van der Waals surface area contributed by atoms with E-state index in [9.17, 15) is 0 Å². The number of hydrogen-bond donors (Lipinski definition) is 0. The molecule has 0 bridgehead atoms. The van der Waals surface area contributed by atoms with Crippen molar-refractivity contribution in [2.24, 2.45) is 0 Å². The molecule has 0 aromatic carbocycles. The molecule has 1 heterocycles. The van der Waals surface area contributed by atoms with Gasteiger partial charge in [-0.05, 0) is 36.4 Å². The van der Waals surface area contributed by atoms with Gasteiger partial charge in [-0.1, -0.05) is 6.42 Å². The van der Waals surface area contributed by atoms with Crippen LogP contribution < -0.4 is 0 Å². The zero-order valence-electron chi connectivity index (χ0n) is 8.93. The van der Waals surface area contributed by atoms with Gasteiger partial charge in [-0.2, -0.15) is 11.8 Å². The van der Waals surface area contributed by atoms with E-state index in [4.69, 9.17) is 11.6 Å². The predicted molar refractivity (Wildman–Crippen MR) is 62.3 cm³/mol. The first kappa shape index (κ1) is 11.2. The molecule has 1 saturated carbocycles. The van der Waals surface area contributed by atoms with E-state index in [-0.39, 0.29) is 5.38 Å². The van der Waals surface area contributed by atoms with Crippen molar-refractivity contribution in [3.8, 4) is 0 Å². The van der Waals surface area contributed by atoms with Crippen LogP contribution in [-0.2, 0) is 0 Å². The van der Waals surface area contributed by atoms with Gasteiger partial charge in [0.05, 0.1) is 11.4 Å². The van der Waals surface area contributed by atoms with Crippen LogP contribution in [0.15, 0.2) is 0 Å². The average molecular weight is 247 g/mol. The first-order valence-corrected chi connectivity index (χ1v) is 6.91. The number of halogens is 1. The molecule has 1 aliphatic carbocycles. The van der Waals surface area contributed by atoms with Crippen molar-refractivity contribution in [2.75, 3.05) is 6.26 Å². The third-order valence-corrected chi connectivity index (χ3v) is 4.26. The summed E-state index contributed by atoms with van der Waals surface area (Å²) in [4.78, 5) is 0. The lowest BCUT2D eigenvalue weighted by molar-refractivity contribution is 0.445. The molecule has 0 amide bonds. The van der Waals surface area contributed by atoms with Gasteiger partial charge in [-0.3, -0.25) is 0 Å². The fourth-order valence-electron chi connectivity index (χ4n) is 2.16. The van der Waals surface area contributed by atoms with Crippen molar-refractivity contribution in [3.63, 3.8) is 0 Å². The molecule has 0 aliphatic heterocycles. The summed E-state index contributed by atoms with van der Waals surface area (Å²) in [5.74, 6) is 0.794. The Morgan fingerprint density at radius 1 is 1.53 bits per heavy atom. The van der Waals surface area contributed by atoms with Gasteiger partial charge in [0.25, 0.3) is 0 Å². The second-order valence-corrected chi connectivity index (χ2v) is 5.60. The molecule has 0 N–H and O–H groups in total. The van der Waals surface area contributed by atoms with Crippen LogP contribution in [0, 0.1) is 0 Å². The van der Waals surface area contributed by atoms with E-state index in [0.717, 1.165) is 12.2 Å². The Labute approximate surface area is 98.8 Å². The Balaban J connectivity index is 2.24. The van der Waals surface area contributed by atoms with Crippen LogP contribution in [0.2, 0.25) is 0 Å². The van der Waals surface area contributed by atoms with Gasteiger partial charge in [-0.25, -0.2) is 4.68 Å². The standard InChI is InChI=1S/C9H15ClN4S/c1-6(10)9-11-12-13-14(9)7-4-3-5-8(7)15-2/h6-8H,3-5H2,1-2H3. The van der Waals surface area contributed by atoms with Crippen molar-refractivity contribution >= 4 is 23.4 Å². The predicted octanol–water partition coefficient (Wildman–Crippen LogP) is 2.43. The molecule has 6 heteroatoms. The highest BCUT2D eigenvalue weighted by atomic mass is 35.5. The highest BCUT2D eigenvalue weighted by Gasteiger charge is 2.31. The Bertz CT molecular complexity index is 328. The normalized spacial score (nSPS) is 28.2. The van der Waals surface area contributed by atoms with Gasteiger partial charge >= 0.3 is 0 Å². The summed E-state index contributed by atoms with van der Waals surface area (Å²) < 4.78 is 1.92. The van der Waals surface area contributed by atoms with Crippen LogP contribution in [0.25, 0.3) is 0 Å². The van der Waals surface area contributed by atoms with E-state index in [0.29, 0.717) is 11.3 Å². The van der Waals surface area contributed by atoms with E-state index in [1.807, 2.05) is 23.4 Å². The molecular weight excluding hydrogens is 232 g/mol. The lowest BCUT2D eigenvalue weighted by Gasteiger charge is -2.19. The Morgan fingerprint density at radius 3 is 3.00 bits per heavy atom. The van der Waals surface area contributed by atoms with E-state index < -0.39 is 0 Å². The molecule has 1 aromatic heterocycles. The van der Waals surface area contributed by atoms with Gasteiger partial charge in [0.2, 0.25) is 0 Å². The maximum Gasteiger partial charge on any atom is 0.169 e. The molecule has 0 spiro atoms. The Kier molecular flexibility index (Phi) is 3.51. The van der Waals surface area contributed by atoms with Crippen LogP contribution in [0.1, 0.15) is 43.4 Å². The number of tetrazole rings is 1. The minimum atomic E-state index is -0.122. The topological polar surface area (TPSA) is 43.6 Å². The highest BCUT2D eigenvalue weighted by molar-refractivity contribution is 7.99. The van der Waals surface area contributed by atoms with E-state index >= 15 is 0 Å². The molecule has 1 aliphatic rings. The fraction of sp³-hybridized carbons (Fsp3) is 0.889. The number of thioether (sulfide) groups is 1. The molecular formula is C9H15ClN4S. The molecule has 2 rings (SSSR count). The number of hydrogen-bond acceptors (Lipinski definition) is 4. The molecule has 1 fully saturated rings. The Morgan fingerprint density at radius 2 is 2.33 bits per heavy atom. The van der Waals surface area contributed by atoms with Gasteiger partial charge in [0.1, 0.15) is 0 Å². The van der Waals surface area contributed by atoms with Gasteiger partial charge in [-0.15, -0.1) is 16.7 Å². The number of aromatic nitrogens is 4. The molecule has 4 nitrogen and oxygen atoms in total. The van der Waals surface area contributed by atoms with Crippen LogP contribution in [0.4, 0.5) is 0 Å². The van der Waals surface area contributed by atoms with E-state index in [1.165, 1.54) is 12.8 Å². The lowest BCUT2D eigenvalue weighted by Crippen LogP contribution is -2.19. The zero-order chi connectivity index (χ0) is 10.8. The third-order valence-electron chi connectivity index (χ3n) is 2.91. The molecule has 0 radical (unpaired) electrons. The van der Waals surface area contributed by atoms with Gasteiger partial charge < -0.3 is 0 Å². The van der Waals surface area contributed by atoms with Crippen molar-refractivity contribution in [3.05, 3.63) is 5.82 Å². The quantitative estimate of drug-likeness (QED) is 0.769. The summed E-state index contributed by atoms with van der Waals surface area (Å²) in [6.07, 6.45) is 5.82. The average Bonchev–Trinajstić information content (AvgIpc) is 2.85. The SMILES string of the molecule is CSC1CCCC1n1nnnc1C(C)Cl. The molecule has 84 valence electrons. The second kappa shape index (κ2) is 4.70. The maximum atomic E-state index is 6.05. The summed E-state index contributed by atoms with van der Waals surface area (Å²) in [5.41, 5.74) is 0. The fourth-order valence-corrected chi connectivity index (χ4v) is 3.27. The van der Waals surface area contributed by atoms with Crippen LogP contribution in [0.3, 0.4) is 0 Å². The Hall–Kier alpha value is -0.290. The largest absolute Gasteiger partial charge is 0.224 e. The number of alkyl halides is 1. The summed E-state index contributed by atoms with van der Waals surface area (Å²) in [6.45, 7) is 1.91. The molecule has 3 atom stereocenters. The zero-order valence-corrected chi connectivity index (χ0v) is 10.5. The first-order valence-electron chi connectivity index (χ1n) is 5.18. The molecule has 1 aromatic rings. The van der Waals surface area contributed by atoms with E-state index in [2.05, 4.69) is 21.8 Å². The van der Waals surface area contributed by atoms with Crippen molar-refractivity contribution in [1.82, 2.24) is 20.2 Å². The maximum absolute atomic E-state index is 6.05. The van der Waals surface area contributed by atoms with Crippen LogP contribution in [0.5, 0.6) is 0 Å². The minimum Gasteiger partial charge on any atom is -0.224 e. The summed E-state index contributed by atoms with van der Waals surface area (Å²) in [5, 5.41) is 12.3.